The lowest BCUT2D eigenvalue weighted by atomic mass is 10.3. The molecule has 0 aliphatic carbocycles. The highest BCUT2D eigenvalue weighted by atomic mass is 32.2. The van der Waals surface area contributed by atoms with Gasteiger partial charge in [0.15, 0.2) is 0 Å². The lowest BCUT2D eigenvalue weighted by Crippen LogP contribution is -2.13. The zero-order chi connectivity index (χ0) is 18.4. The summed E-state index contributed by atoms with van der Waals surface area (Å²) in [4.78, 5) is 0.295. The Hall–Kier alpha value is -2.09. The van der Waals surface area contributed by atoms with E-state index in [4.69, 9.17) is 9.47 Å². The van der Waals surface area contributed by atoms with E-state index in [-0.39, 0.29) is 23.0 Å². The molecule has 7 heteroatoms. The van der Waals surface area contributed by atoms with Crippen molar-refractivity contribution < 1.29 is 28.1 Å². The number of benzene rings is 2. The first-order valence-electron chi connectivity index (χ1n) is 7.86. The first-order chi connectivity index (χ1) is 11.8. The topological polar surface area (TPSA) is 93.1 Å². The van der Waals surface area contributed by atoms with Crippen molar-refractivity contribution in [2.45, 2.75) is 35.8 Å². The molecule has 25 heavy (non-hydrogen) atoms. The molecular formula is C18H22O6S. The van der Waals surface area contributed by atoms with E-state index in [1.54, 1.807) is 38.1 Å². The van der Waals surface area contributed by atoms with Gasteiger partial charge < -0.3 is 19.7 Å². The third kappa shape index (κ3) is 5.45. The maximum Gasteiger partial charge on any atom is 0.206 e. The molecule has 136 valence electrons. The van der Waals surface area contributed by atoms with Gasteiger partial charge in [-0.1, -0.05) is 0 Å². The lowest BCUT2D eigenvalue weighted by Gasteiger charge is -2.10. The number of aliphatic hydroxyl groups excluding tert-OH is 2. The minimum atomic E-state index is -3.64. The molecule has 0 saturated heterocycles. The number of ether oxygens (including phenoxy) is 2. The summed E-state index contributed by atoms with van der Waals surface area (Å²) >= 11 is 0. The van der Waals surface area contributed by atoms with Crippen LogP contribution in [0.15, 0.2) is 58.3 Å². The fourth-order valence-electron chi connectivity index (χ4n) is 2.00. The molecule has 0 fully saturated rings. The SMILES string of the molecule is CC(O)COc1ccc(S(=O)(=O)c2ccc(OCC(C)O)cc2)cc1. The Kier molecular flexibility index (Phi) is 6.41. The normalized spacial score (nSPS) is 13.9. The molecular weight excluding hydrogens is 344 g/mol. The Labute approximate surface area is 147 Å². The summed E-state index contributed by atoms with van der Waals surface area (Å²) in [5.41, 5.74) is 0. The Morgan fingerprint density at radius 2 is 1.08 bits per heavy atom. The molecule has 0 radical (unpaired) electrons. The number of sulfone groups is 1. The third-order valence-electron chi connectivity index (χ3n) is 3.25. The average Bonchev–Trinajstić information content (AvgIpc) is 2.59. The standard InChI is InChI=1S/C18H22O6S/c1-13(19)11-23-15-3-7-17(8-4-15)25(21,22)18-9-5-16(6-10-18)24-12-14(2)20/h3-10,13-14,19-20H,11-12H2,1-2H3. The summed E-state index contributed by atoms with van der Waals surface area (Å²) in [6.45, 7) is 3.49. The van der Waals surface area contributed by atoms with Crippen LogP contribution in [0, 0.1) is 0 Å². The molecule has 2 unspecified atom stereocenters. The van der Waals surface area contributed by atoms with Crippen LogP contribution in [0.25, 0.3) is 0 Å². The maximum absolute atomic E-state index is 12.6. The highest BCUT2D eigenvalue weighted by Gasteiger charge is 2.17. The van der Waals surface area contributed by atoms with E-state index in [2.05, 4.69) is 0 Å². The van der Waals surface area contributed by atoms with Gasteiger partial charge in [0.25, 0.3) is 0 Å². The fraction of sp³-hybridized carbons (Fsp3) is 0.333. The molecule has 0 bridgehead atoms. The van der Waals surface area contributed by atoms with Gasteiger partial charge in [-0.3, -0.25) is 0 Å². The zero-order valence-electron chi connectivity index (χ0n) is 14.1. The third-order valence-corrected chi connectivity index (χ3v) is 5.04. The largest absolute Gasteiger partial charge is 0.491 e. The minimum Gasteiger partial charge on any atom is -0.491 e. The van der Waals surface area contributed by atoms with Gasteiger partial charge in [-0.05, 0) is 62.4 Å². The van der Waals surface area contributed by atoms with Crippen molar-refractivity contribution in [1.82, 2.24) is 0 Å². The number of hydrogen-bond acceptors (Lipinski definition) is 6. The molecule has 0 spiro atoms. The van der Waals surface area contributed by atoms with Crippen molar-refractivity contribution in [2.75, 3.05) is 13.2 Å². The summed E-state index contributed by atoms with van der Waals surface area (Å²) in [6, 6.07) is 12.1. The molecule has 2 aromatic carbocycles. The summed E-state index contributed by atoms with van der Waals surface area (Å²) in [5.74, 6) is 0.975. The molecule has 0 heterocycles. The van der Waals surface area contributed by atoms with Gasteiger partial charge in [0.2, 0.25) is 9.84 Å². The van der Waals surface area contributed by atoms with Crippen molar-refractivity contribution in [3.63, 3.8) is 0 Å². The van der Waals surface area contributed by atoms with Crippen LogP contribution in [-0.2, 0) is 9.84 Å². The first-order valence-corrected chi connectivity index (χ1v) is 9.34. The molecule has 6 nitrogen and oxygen atoms in total. The second-order valence-corrected chi connectivity index (χ2v) is 7.72. The van der Waals surface area contributed by atoms with E-state index in [1.165, 1.54) is 24.3 Å². The second-order valence-electron chi connectivity index (χ2n) is 5.77. The van der Waals surface area contributed by atoms with Crippen molar-refractivity contribution in [2.24, 2.45) is 0 Å². The van der Waals surface area contributed by atoms with Crippen LogP contribution in [0.3, 0.4) is 0 Å². The van der Waals surface area contributed by atoms with E-state index in [9.17, 15) is 18.6 Å². The Balaban J connectivity index is 2.12. The highest BCUT2D eigenvalue weighted by molar-refractivity contribution is 7.91. The van der Waals surface area contributed by atoms with Crippen LogP contribution in [0.5, 0.6) is 11.5 Å². The lowest BCUT2D eigenvalue weighted by molar-refractivity contribution is 0.122. The molecule has 0 aliphatic heterocycles. The summed E-state index contributed by atoms with van der Waals surface area (Å²) in [7, 11) is -3.64. The van der Waals surface area contributed by atoms with E-state index in [0.29, 0.717) is 11.5 Å². The van der Waals surface area contributed by atoms with Crippen LogP contribution in [0.1, 0.15) is 13.8 Å². The maximum atomic E-state index is 12.6. The molecule has 2 atom stereocenters. The molecule has 0 aromatic heterocycles. The van der Waals surface area contributed by atoms with Crippen LogP contribution in [0.2, 0.25) is 0 Å². The predicted octanol–water partition coefficient (Wildman–Crippen LogP) is 2.04. The summed E-state index contributed by atoms with van der Waals surface area (Å²) in [5, 5.41) is 18.4. The van der Waals surface area contributed by atoms with Gasteiger partial charge in [-0.15, -0.1) is 0 Å². The highest BCUT2D eigenvalue weighted by Crippen LogP contribution is 2.25. The van der Waals surface area contributed by atoms with E-state index < -0.39 is 22.0 Å². The van der Waals surface area contributed by atoms with Crippen molar-refractivity contribution >= 4 is 9.84 Å². The Morgan fingerprint density at radius 1 is 0.760 bits per heavy atom. The van der Waals surface area contributed by atoms with E-state index >= 15 is 0 Å². The van der Waals surface area contributed by atoms with E-state index in [0.717, 1.165) is 0 Å². The fourth-order valence-corrected chi connectivity index (χ4v) is 3.26. The van der Waals surface area contributed by atoms with Gasteiger partial charge in [0.05, 0.1) is 22.0 Å². The first kappa shape index (κ1) is 19.2. The molecule has 2 rings (SSSR count). The number of aliphatic hydroxyl groups is 2. The van der Waals surface area contributed by atoms with Crippen molar-refractivity contribution in [3.8, 4) is 11.5 Å². The monoisotopic (exact) mass is 366 g/mol. The van der Waals surface area contributed by atoms with Crippen molar-refractivity contribution in [3.05, 3.63) is 48.5 Å². The molecule has 0 amide bonds. The van der Waals surface area contributed by atoms with Gasteiger partial charge in [0, 0.05) is 0 Å². The van der Waals surface area contributed by atoms with Gasteiger partial charge >= 0.3 is 0 Å². The Morgan fingerprint density at radius 3 is 1.36 bits per heavy atom. The number of hydrogen-bond donors (Lipinski definition) is 2. The van der Waals surface area contributed by atoms with Crippen molar-refractivity contribution in [1.29, 1.82) is 0 Å². The van der Waals surface area contributed by atoms with Crippen LogP contribution in [-0.4, -0.2) is 44.1 Å². The minimum absolute atomic E-state index is 0.139. The zero-order valence-corrected chi connectivity index (χ0v) is 14.9. The number of rotatable bonds is 8. The smallest absolute Gasteiger partial charge is 0.206 e. The molecule has 0 aliphatic rings. The van der Waals surface area contributed by atoms with E-state index in [1.807, 2.05) is 0 Å². The molecule has 0 saturated carbocycles. The molecule has 2 aromatic rings. The summed E-state index contributed by atoms with van der Waals surface area (Å²) < 4.78 is 35.9. The van der Waals surface area contributed by atoms with Crippen LogP contribution >= 0.6 is 0 Å². The average molecular weight is 366 g/mol. The van der Waals surface area contributed by atoms with Gasteiger partial charge in [-0.2, -0.15) is 0 Å². The summed E-state index contributed by atoms with van der Waals surface area (Å²) in [6.07, 6.45) is -1.20. The molecule has 2 N–H and O–H groups in total. The predicted molar refractivity (Wildman–Crippen MR) is 92.7 cm³/mol. The quantitative estimate of drug-likeness (QED) is 0.743. The van der Waals surface area contributed by atoms with Crippen LogP contribution in [0.4, 0.5) is 0 Å². The second kappa shape index (κ2) is 8.33. The van der Waals surface area contributed by atoms with Gasteiger partial charge in [-0.25, -0.2) is 8.42 Å². The van der Waals surface area contributed by atoms with Crippen LogP contribution < -0.4 is 9.47 Å². The Bertz CT molecular complexity index is 703. The van der Waals surface area contributed by atoms with Gasteiger partial charge in [0.1, 0.15) is 24.7 Å².